The number of hydrogen-bond donors (Lipinski definition) is 1. The Labute approximate surface area is 162 Å². The van der Waals surface area contributed by atoms with Gasteiger partial charge in [0.05, 0.1) is 6.04 Å². The SMILES string of the molecule is O=C(CC1CCNCC1)N(Cc1ccncc1)C1CCCc2ccccc21. The van der Waals surface area contributed by atoms with Crippen molar-refractivity contribution < 1.29 is 4.79 Å². The third-order valence-corrected chi connectivity index (χ3v) is 6.06. The molecule has 1 unspecified atom stereocenters. The normalized spacial score (nSPS) is 20.1. The van der Waals surface area contributed by atoms with E-state index in [9.17, 15) is 4.79 Å². The molecule has 0 spiro atoms. The molecule has 1 aliphatic heterocycles. The third kappa shape index (κ3) is 4.38. The van der Waals surface area contributed by atoms with Gasteiger partial charge in [-0.25, -0.2) is 0 Å². The summed E-state index contributed by atoms with van der Waals surface area (Å²) in [6.07, 6.45) is 9.85. The van der Waals surface area contributed by atoms with Crippen molar-refractivity contribution in [2.24, 2.45) is 5.92 Å². The highest BCUT2D eigenvalue weighted by Crippen LogP contribution is 2.36. The summed E-state index contributed by atoms with van der Waals surface area (Å²) in [5, 5.41) is 3.40. The summed E-state index contributed by atoms with van der Waals surface area (Å²) in [4.78, 5) is 19.7. The zero-order valence-electron chi connectivity index (χ0n) is 15.9. The van der Waals surface area contributed by atoms with E-state index in [1.165, 1.54) is 11.1 Å². The van der Waals surface area contributed by atoms with E-state index >= 15 is 0 Å². The van der Waals surface area contributed by atoms with Gasteiger partial charge in [-0.2, -0.15) is 0 Å². The first-order valence-electron chi connectivity index (χ1n) is 10.3. The van der Waals surface area contributed by atoms with Crippen LogP contribution in [0.25, 0.3) is 0 Å². The zero-order valence-corrected chi connectivity index (χ0v) is 15.9. The molecule has 0 radical (unpaired) electrons. The molecule has 2 heterocycles. The van der Waals surface area contributed by atoms with Crippen molar-refractivity contribution in [1.82, 2.24) is 15.2 Å². The van der Waals surface area contributed by atoms with Crippen molar-refractivity contribution in [2.45, 2.75) is 51.1 Å². The first kappa shape index (κ1) is 18.2. The van der Waals surface area contributed by atoms with Crippen LogP contribution in [0.4, 0.5) is 0 Å². The zero-order chi connectivity index (χ0) is 18.5. The van der Waals surface area contributed by atoms with Gasteiger partial charge >= 0.3 is 0 Å². The Morgan fingerprint density at radius 3 is 2.67 bits per heavy atom. The molecule has 1 aliphatic carbocycles. The van der Waals surface area contributed by atoms with Crippen LogP contribution in [-0.4, -0.2) is 28.9 Å². The van der Waals surface area contributed by atoms with Gasteiger partial charge in [-0.1, -0.05) is 24.3 Å². The molecule has 2 aromatic rings. The van der Waals surface area contributed by atoms with Gasteiger partial charge in [-0.05, 0) is 79.9 Å². The van der Waals surface area contributed by atoms with Crippen LogP contribution in [0.3, 0.4) is 0 Å². The number of nitrogens with one attached hydrogen (secondary N) is 1. The molecule has 4 heteroatoms. The van der Waals surface area contributed by atoms with Crippen molar-refractivity contribution in [2.75, 3.05) is 13.1 Å². The monoisotopic (exact) mass is 363 g/mol. The second-order valence-corrected chi connectivity index (χ2v) is 7.88. The fourth-order valence-corrected chi connectivity index (χ4v) is 4.56. The quantitative estimate of drug-likeness (QED) is 0.877. The van der Waals surface area contributed by atoms with Crippen LogP contribution in [-0.2, 0) is 17.8 Å². The van der Waals surface area contributed by atoms with Crippen molar-refractivity contribution in [3.05, 3.63) is 65.5 Å². The van der Waals surface area contributed by atoms with Gasteiger partial charge in [0.1, 0.15) is 0 Å². The number of nitrogens with zero attached hydrogens (tertiary/aromatic N) is 2. The minimum atomic E-state index is 0.192. The summed E-state index contributed by atoms with van der Waals surface area (Å²) >= 11 is 0. The van der Waals surface area contributed by atoms with Crippen molar-refractivity contribution >= 4 is 5.91 Å². The second-order valence-electron chi connectivity index (χ2n) is 7.88. The lowest BCUT2D eigenvalue weighted by Crippen LogP contribution is -2.38. The minimum absolute atomic E-state index is 0.192. The molecular formula is C23H29N3O. The Kier molecular flexibility index (Phi) is 5.83. The fourth-order valence-electron chi connectivity index (χ4n) is 4.56. The summed E-state index contributed by atoms with van der Waals surface area (Å²) in [5.41, 5.74) is 3.91. The molecule has 4 rings (SSSR count). The smallest absolute Gasteiger partial charge is 0.223 e. The number of rotatable bonds is 5. The summed E-state index contributed by atoms with van der Waals surface area (Å²) < 4.78 is 0. The standard InChI is InChI=1S/C23H29N3O/c27-23(16-18-8-12-24-13-9-18)26(17-19-10-14-25-15-11-19)22-7-3-5-20-4-1-2-6-21(20)22/h1-2,4,6,10-11,14-15,18,22,24H,3,5,7-9,12-13,16-17H2. The van der Waals surface area contributed by atoms with E-state index in [4.69, 9.17) is 0 Å². The lowest BCUT2D eigenvalue weighted by atomic mass is 9.86. The Bertz CT molecular complexity index is 755. The first-order valence-corrected chi connectivity index (χ1v) is 10.3. The minimum Gasteiger partial charge on any atom is -0.331 e. The van der Waals surface area contributed by atoms with Crippen molar-refractivity contribution in [1.29, 1.82) is 0 Å². The van der Waals surface area contributed by atoms with Gasteiger partial charge < -0.3 is 10.2 Å². The van der Waals surface area contributed by atoms with E-state index in [1.807, 2.05) is 24.5 Å². The number of carbonyl (C=O) groups is 1. The average molecular weight is 364 g/mol. The van der Waals surface area contributed by atoms with Crippen LogP contribution in [0.15, 0.2) is 48.8 Å². The largest absolute Gasteiger partial charge is 0.331 e. The van der Waals surface area contributed by atoms with Crippen LogP contribution < -0.4 is 5.32 Å². The average Bonchev–Trinajstić information content (AvgIpc) is 2.73. The number of aromatic nitrogens is 1. The number of piperidine rings is 1. The number of fused-ring (bicyclic) bond motifs is 1. The van der Waals surface area contributed by atoms with E-state index < -0.39 is 0 Å². The molecular weight excluding hydrogens is 334 g/mol. The lowest BCUT2D eigenvalue weighted by Gasteiger charge is -2.37. The molecule has 1 aromatic carbocycles. The van der Waals surface area contributed by atoms with Crippen LogP contribution in [0, 0.1) is 5.92 Å². The molecule has 1 saturated heterocycles. The molecule has 4 nitrogen and oxygen atoms in total. The molecule has 27 heavy (non-hydrogen) atoms. The molecule has 1 N–H and O–H groups in total. The molecule has 1 fully saturated rings. The van der Waals surface area contributed by atoms with Crippen molar-refractivity contribution in [3.8, 4) is 0 Å². The number of benzene rings is 1. The topological polar surface area (TPSA) is 45.2 Å². The molecule has 1 aromatic heterocycles. The number of aryl methyl sites for hydroxylation is 1. The van der Waals surface area contributed by atoms with E-state index in [2.05, 4.69) is 39.5 Å². The molecule has 0 bridgehead atoms. The first-order chi connectivity index (χ1) is 13.3. The van der Waals surface area contributed by atoms with Crippen LogP contribution >= 0.6 is 0 Å². The van der Waals surface area contributed by atoms with Gasteiger partial charge in [-0.3, -0.25) is 9.78 Å². The summed E-state index contributed by atoms with van der Waals surface area (Å²) in [7, 11) is 0. The highest BCUT2D eigenvalue weighted by Gasteiger charge is 2.30. The summed E-state index contributed by atoms with van der Waals surface area (Å²) in [6, 6.07) is 12.9. The highest BCUT2D eigenvalue weighted by atomic mass is 16.2. The third-order valence-electron chi connectivity index (χ3n) is 6.06. The van der Waals surface area contributed by atoms with E-state index in [0.29, 0.717) is 24.8 Å². The maximum Gasteiger partial charge on any atom is 0.223 e. The number of amides is 1. The van der Waals surface area contributed by atoms with Gasteiger partial charge in [0, 0.05) is 25.4 Å². The Morgan fingerprint density at radius 1 is 1.07 bits per heavy atom. The number of pyridine rings is 1. The van der Waals surface area contributed by atoms with Crippen LogP contribution in [0.5, 0.6) is 0 Å². The summed E-state index contributed by atoms with van der Waals surface area (Å²) in [5.74, 6) is 0.818. The molecule has 1 atom stereocenters. The van der Waals surface area contributed by atoms with E-state index in [-0.39, 0.29) is 6.04 Å². The molecule has 1 amide bonds. The molecule has 0 saturated carbocycles. The highest BCUT2D eigenvalue weighted by molar-refractivity contribution is 5.77. The predicted molar refractivity (Wildman–Crippen MR) is 107 cm³/mol. The summed E-state index contributed by atoms with van der Waals surface area (Å²) in [6.45, 7) is 2.74. The number of carbonyl (C=O) groups excluding carboxylic acids is 1. The van der Waals surface area contributed by atoms with E-state index in [0.717, 1.165) is 50.8 Å². The Hall–Kier alpha value is -2.20. The Morgan fingerprint density at radius 2 is 1.85 bits per heavy atom. The molecule has 142 valence electrons. The fraction of sp³-hybridized carbons (Fsp3) is 0.478. The lowest BCUT2D eigenvalue weighted by molar-refractivity contribution is -0.136. The second kappa shape index (κ2) is 8.66. The maximum absolute atomic E-state index is 13.4. The molecule has 2 aliphatic rings. The van der Waals surface area contributed by atoms with Gasteiger partial charge in [0.2, 0.25) is 5.91 Å². The van der Waals surface area contributed by atoms with Gasteiger partial charge in [0.25, 0.3) is 0 Å². The predicted octanol–water partition coefficient (Wildman–Crippen LogP) is 3.88. The van der Waals surface area contributed by atoms with Gasteiger partial charge in [0.15, 0.2) is 0 Å². The number of hydrogen-bond acceptors (Lipinski definition) is 3. The van der Waals surface area contributed by atoms with Crippen LogP contribution in [0.1, 0.15) is 54.8 Å². The maximum atomic E-state index is 13.4. The van der Waals surface area contributed by atoms with E-state index in [1.54, 1.807) is 0 Å². The Balaban J connectivity index is 1.59. The van der Waals surface area contributed by atoms with Gasteiger partial charge in [-0.15, -0.1) is 0 Å². The van der Waals surface area contributed by atoms with Crippen molar-refractivity contribution in [3.63, 3.8) is 0 Å². The van der Waals surface area contributed by atoms with Crippen LogP contribution in [0.2, 0.25) is 0 Å².